The van der Waals surface area contributed by atoms with E-state index in [9.17, 15) is 5.26 Å². The molecule has 4 heterocycles. The molecule has 1 N–H and O–H groups in total. The Balaban J connectivity index is 1.93. The van der Waals surface area contributed by atoms with Crippen LogP contribution in [0.2, 0.25) is 0 Å². The van der Waals surface area contributed by atoms with Crippen molar-refractivity contribution < 1.29 is 4.74 Å². The summed E-state index contributed by atoms with van der Waals surface area (Å²) in [6, 6.07) is 10.5. The number of rotatable bonds is 1. The SMILES string of the molecule is N#Cc1c2c(c(N3CCNCC3)n3c1nc1ccccc13)COC2. The lowest BCUT2D eigenvalue weighted by Crippen LogP contribution is -2.44. The number of aromatic nitrogens is 2. The zero-order valence-electron chi connectivity index (χ0n) is 13.2. The second-order valence-electron chi connectivity index (χ2n) is 6.26. The van der Waals surface area contributed by atoms with E-state index >= 15 is 0 Å². The van der Waals surface area contributed by atoms with Crippen LogP contribution < -0.4 is 10.2 Å². The Morgan fingerprint density at radius 3 is 2.75 bits per heavy atom. The van der Waals surface area contributed by atoms with Crippen LogP contribution in [-0.2, 0) is 18.0 Å². The van der Waals surface area contributed by atoms with Gasteiger partial charge in [0.2, 0.25) is 0 Å². The van der Waals surface area contributed by atoms with Crippen molar-refractivity contribution in [3.8, 4) is 6.07 Å². The largest absolute Gasteiger partial charge is 0.372 e. The van der Waals surface area contributed by atoms with E-state index < -0.39 is 0 Å². The third-order valence-corrected chi connectivity index (χ3v) is 4.95. The highest BCUT2D eigenvalue weighted by Gasteiger charge is 2.29. The fourth-order valence-corrected chi connectivity index (χ4v) is 3.86. The second-order valence-corrected chi connectivity index (χ2v) is 6.26. The number of para-hydroxylation sites is 2. The molecule has 1 saturated heterocycles. The van der Waals surface area contributed by atoms with E-state index in [1.807, 2.05) is 18.2 Å². The Morgan fingerprint density at radius 1 is 1.12 bits per heavy atom. The second kappa shape index (κ2) is 5.20. The molecule has 0 aliphatic carbocycles. The fourth-order valence-electron chi connectivity index (χ4n) is 3.86. The van der Waals surface area contributed by atoms with Crippen LogP contribution >= 0.6 is 0 Å². The fraction of sp³-hybridized carbons (Fsp3) is 0.333. The molecule has 2 aliphatic heterocycles. The van der Waals surface area contributed by atoms with Gasteiger partial charge in [-0.2, -0.15) is 5.26 Å². The van der Waals surface area contributed by atoms with Crippen molar-refractivity contribution in [2.75, 3.05) is 31.1 Å². The van der Waals surface area contributed by atoms with Gasteiger partial charge in [0.25, 0.3) is 0 Å². The summed E-state index contributed by atoms with van der Waals surface area (Å²) in [6.45, 7) is 4.87. The number of benzene rings is 1. The highest BCUT2D eigenvalue weighted by molar-refractivity contribution is 5.86. The minimum absolute atomic E-state index is 0.497. The predicted octanol–water partition coefficient (Wildman–Crippen LogP) is 1.80. The lowest BCUT2D eigenvalue weighted by atomic mass is 10.1. The van der Waals surface area contributed by atoms with Gasteiger partial charge in [-0.1, -0.05) is 12.1 Å². The summed E-state index contributed by atoms with van der Waals surface area (Å²) in [7, 11) is 0. The van der Waals surface area contributed by atoms with Gasteiger partial charge in [-0.05, 0) is 12.1 Å². The van der Waals surface area contributed by atoms with Crippen LogP contribution in [0, 0.1) is 11.3 Å². The number of nitriles is 1. The number of hydrogen-bond donors (Lipinski definition) is 1. The molecule has 1 fully saturated rings. The van der Waals surface area contributed by atoms with Crippen molar-refractivity contribution >= 4 is 22.5 Å². The summed E-state index contributed by atoms with van der Waals surface area (Å²) in [5, 5.41) is 13.1. The molecule has 0 bridgehead atoms. The molecule has 2 aliphatic rings. The minimum atomic E-state index is 0.497. The molecule has 1 aromatic carbocycles. The van der Waals surface area contributed by atoms with E-state index in [4.69, 9.17) is 9.72 Å². The maximum atomic E-state index is 9.74. The zero-order valence-corrected chi connectivity index (χ0v) is 13.2. The average molecular weight is 319 g/mol. The molecular weight excluding hydrogens is 302 g/mol. The van der Waals surface area contributed by atoms with Crippen LogP contribution in [-0.4, -0.2) is 35.6 Å². The number of fused-ring (bicyclic) bond motifs is 4. The third-order valence-electron chi connectivity index (χ3n) is 4.95. The Bertz CT molecular complexity index is 994. The Kier molecular flexibility index (Phi) is 2.98. The number of anilines is 1. The Hall–Kier alpha value is -2.62. The van der Waals surface area contributed by atoms with Crippen LogP contribution in [0.5, 0.6) is 0 Å². The van der Waals surface area contributed by atoms with E-state index in [2.05, 4.69) is 26.8 Å². The molecule has 5 rings (SSSR count). The van der Waals surface area contributed by atoms with Crippen LogP contribution in [0.15, 0.2) is 24.3 Å². The number of nitrogens with zero attached hydrogens (tertiary/aromatic N) is 4. The van der Waals surface area contributed by atoms with E-state index in [1.54, 1.807) is 0 Å². The van der Waals surface area contributed by atoms with Gasteiger partial charge in [0, 0.05) is 37.3 Å². The summed E-state index contributed by atoms with van der Waals surface area (Å²) < 4.78 is 7.87. The summed E-state index contributed by atoms with van der Waals surface area (Å²) in [5.74, 6) is 1.15. The topological polar surface area (TPSA) is 65.6 Å². The van der Waals surface area contributed by atoms with E-state index in [-0.39, 0.29) is 0 Å². The molecule has 0 spiro atoms. The lowest BCUT2D eigenvalue weighted by molar-refractivity contribution is 0.134. The number of ether oxygens (including phenoxy) is 1. The monoisotopic (exact) mass is 319 g/mol. The van der Waals surface area contributed by atoms with Gasteiger partial charge in [0.05, 0.1) is 24.2 Å². The van der Waals surface area contributed by atoms with E-state index in [1.165, 1.54) is 0 Å². The zero-order chi connectivity index (χ0) is 16.1. The number of hydrogen-bond acceptors (Lipinski definition) is 5. The van der Waals surface area contributed by atoms with Crippen molar-refractivity contribution in [3.05, 3.63) is 41.0 Å². The van der Waals surface area contributed by atoms with Crippen LogP contribution in [0.25, 0.3) is 16.7 Å². The lowest BCUT2D eigenvalue weighted by Gasteiger charge is -2.31. The van der Waals surface area contributed by atoms with Gasteiger partial charge in [0.1, 0.15) is 17.5 Å². The maximum absolute atomic E-state index is 9.74. The highest BCUT2D eigenvalue weighted by atomic mass is 16.5. The number of piperazine rings is 1. The van der Waals surface area contributed by atoms with Crippen molar-refractivity contribution in [1.29, 1.82) is 5.26 Å². The Morgan fingerprint density at radius 2 is 1.92 bits per heavy atom. The average Bonchev–Trinajstić information content (AvgIpc) is 3.25. The minimum Gasteiger partial charge on any atom is -0.372 e. The third kappa shape index (κ3) is 1.80. The van der Waals surface area contributed by atoms with Gasteiger partial charge in [-0.15, -0.1) is 0 Å². The standard InChI is InChI=1S/C18H17N5O/c19-9-12-13-10-24-11-14(13)18(22-7-5-20-6-8-22)23-16-4-2-1-3-15(16)21-17(12)23/h1-4,20H,5-8,10-11H2. The van der Waals surface area contributed by atoms with Gasteiger partial charge < -0.3 is 15.0 Å². The summed E-state index contributed by atoms with van der Waals surface area (Å²) in [6.07, 6.45) is 0. The van der Waals surface area contributed by atoms with E-state index in [0.29, 0.717) is 18.8 Å². The molecule has 0 unspecified atom stereocenters. The van der Waals surface area contributed by atoms with Gasteiger partial charge >= 0.3 is 0 Å². The number of nitrogens with one attached hydrogen (secondary N) is 1. The summed E-state index contributed by atoms with van der Waals surface area (Å²) >= 11 is 0. The molecule has 24 heavy (non-hydrogen) atoms. The van der Waals surface area contributed by atoms with Gasteiger partial charge in [-0.3, -0.25) is 4.40 Å². The van der Waals surface area contributed by atoms with Crippen molar-refractivity contribution in [2.45, 2.75) is 13.2 Å². The summed E-state index contributed by atoms with van der Waals surface area (Å²) in [4.78, 5) is 7.16. The number of imidazole rings is 1. The van der Waals surface area contributed by atoms with Crippen molar-refractivity contribution in [1.82, 2.24) is 14.7 Å². The molecular formula is C18H17N5O. The summed E-state index contributed by atoms with van der Waals surface area (Å²) in [5.41, 5.74) is 5.52. The molecule has 6 heteroatoms. The quantitative estimate of drug-likeness (QED) is 0.741. The molecule has 2 aromatic heterocycles. The molecule has 0 radical (unpaired) electrons. The first-order valence-corrected chi connectivity index (χ1v) is 8.27. The molecule has 0 saturated carbocycles. The predicted molar refractivity (Wildman–Crippen MR) is 91.0 cm³/mol. The van der Waals surface area contributed by atoms with Gasteiger partial charge in [0.15, 0.2) is 5.65 Å². The first kappa shape index (κ1) is 13.8. The Labute approximate surface area is 139 Å². The van der Waals surface area contributed by atoms with Crippen LogP contribution in [0.1, 0.15) is 16.7 Å². The van der Waals surface area contributed by atoms with Crippen molar-refractivity contribution in [2.24, 2.45) is 0 Å². The van der Waals surface area contributed by atoms with Crippen molar-refractivity contribution in [3.63, 3.8) is 0 Å². The first-order chi connectivity index (χ1) is 11.9. The normalized spacial score (nSPS) is 17.4. The molecule has 3 aromatic rings. The highest BCUT2D eigenvalue weighted by Crippen LogP contribution is 2.37. The smallest absolute Gasteiger partial charge is 0.157 e. The van der Waals surface area contributed by atoms with Crippen LogP contribution in [0.4, 0.5) is 5.82 Å². The molecule has 120 valence electrons. The molecule has 0 atom stereocenters. The molecule has 6 nitrogen and oxygen atoms in total. The van der Waals surface area contributed by atoms with Crippen LogP contribution in [0.3, 0.4) is 0 Å². The van der Waals surface area contributed by atoms with Gasteiger partial charge in [-0.25, -0.2) is 4.98 Å². The maximum Gasteiger partial charge on any atom is 0.157 e. The first-order valence-electron chi connectivity index (χ1n) is 8.27. The van der Waals surface area contributed by atoms with E-state index in [0.717, 1.165) is 59.8 Å². The molecule has 0 amide bonds. The number of pyridine rings is 1.